The molecular weight excluding hydrogens is 360 g/mol. The maximum Gasteiger partial charge on any atom is 0.308 e. The maximum absolute atomic E-state index is 13.4. The van der Waals surface area contributed by atoms with Gasteiger partial charge in [0.15, 0.2) is 0 Å². The summed E-state index contributed by atoms with van der Waals surface area (Å²) in [6, 6.07) is 6.62. The summed E-state index contributed by atoms with van der Waals surface area (Å²) in [4.78, 5) is 24.8. The van der Waals surface area contributed by atoms with E-state index in [-0.39, 0.29) is 16.7 Å². The molecule has 142 valence electrons. The lowest BCUT2D eigenvalue weighted by Gasteiger charge is -2.11. The smallest absolute Gasteiger partial charge is 0.308 e. The Morgan fingerprint density at radius 3 is 2.89 bits per heavy atom. The van der Waals surface area contributed by atoms with Crippen molar-refractivity contribution >= 4 is 11.9 Å². The number of ether oxygens (including phenoxy) is 1. The zero-order chi connectivity index (χ0) is 19.5. The van der Waals surface area contributed by atoms with Gasteiger partial charge in [-0.25, -0.2) is 0 Å². The van der Waals surface area contributed by atoms with E-state index in [0.29, 0.717) is 17.4 Å². The summed E-state index contributed by atoms with van der Waals surface area (Å²) in [6.45, 7) is 3.49. The van der Waals surface area contributed by atoms with Crippen LogP contribution in [0.2, 0.25) is 0 Å². The van der Waals surface area contributed by atoms with Crippen LogP contribution in [0.15, 0.2) is 24.3 Å². The molecule has 0 radical (unpaired) electrons. The van der Waals surface area contributed by atoms with E-state index < -0.39 is 11.9 Å². The Morgan fingerprint density at radius 1 is 1.36 bits per heavy atom. The maximum atomic E-state index is 13.4. The molecule has 1 aromatic carbocycles. The second kappa shape index (κ2) is 5.82. The fraction of sp³-hybridized carbons (Fsp3) is 0.368. The first-order valence-corrected chi connectivity index (χ1v) is 9.22. The zero-order valence-electron chi connectivity index (χ0n) is 15.5. The van der Waals surface area contributed by atoms with E-state index in [9.17, 15) is 9.59 Å². The molecule has 9 heteroatoms. The average molecular weight is 378 g/mol. The minimum absolute atomic E-state index is 0.198. The van der Waals surface area contributed by atoms with E-state index in [2.05, 4.69) is 32.6 Å². The van der Waals surface area contributed by atoms with E-state index in [1.54, 1.807) is 24.3 Å². The van der Waals surface area contributed by atoms with Gasteiger partial charge < -0.3 is 4.74 Å². The van der Waals surface area contributed by atoms with Crippen molar-refractivity contribution < 1.29 is 14.3 Å². The minimum atomic E-state index is -0.493. The monoisotopic (exact) mass is 378 g/mol. The van der Waals surface area contributed by atoms with Crippen molar-refractivity contribution in [3.05, 3.63) is 41.1 Å². The highest BCUT2D eigenvalue weighted by atomic mass is 16.5. The molecule has 0 bridgehead atoms. The third kappa shape index (κ3) is 2.32. The minimum Gasteiger partial charge on any atom is -0.426 e. The van der Waals surface area contributed by atoms with Crippen molar-refractivity contribution in [2.24, 2.45) is 5.41 Å². The molecule has 28 heavy (non-hydrogen) atoms. The highest BCUT2D eigenvalue weighted by Crippen LogP contribution is 2.69. The lowest BCUT2D eigenvalue weighted by molar-refractivity contribution is -0.131. The van der Waals surface area contributed by atoms with E-state index in [1.165, 1.54) is 11.6 Å². The largest absolute Gasteiger partial charge is 0.426 e. The van der Waals surface area contributed by atoms with Crippen LogP contribution in [0.25, 0.3) is 11.5 Å². The average Bonchev–Trinajstić information content (AvgIpc) is 3.04. The molecule has 2 unspecified atom stereocenters. The van der Waals surface area contributed by atoms with E-state index in [1.807, 2.05) is 0 Å². The SMILES string of the molecule is CCC12Cc3c(nn(C(=O)c4ccccc4OC(C)=O)c3-c3nn[nH]n3)C1C2. The first-order chi connectivity index (χ1) is 13.5. The van der Waals surface area contributed by atoms with Crippen LogP contribution in [0.1, 0.15) is 54.2 Å². The molecule has 0 saturated heterocycles. The van der Waals surface area contributed by atoms with Gasteiger partial charge in [-0.15, -0.1) is 10.2 Å². The normalized spacial score (nSPS) is 21.9. The van der Waals surface area contributed by atoms with Gasteiger partial charge in [-0.3, -0.25) is 9.59 Å². The second-order valence-corrected chi connectivity index (χ2v) is 7.40. The van der Waals surface area contributed by atoms with Crippen LogP contribution in [-0.4, -0.2) is 42.3 Å². The van der Waals surface area contributed by atoms with Gasteiger partial charge in [-0.05, 0) is 42.0 Å². The zero-order valence-corrected chi connectivity index (χ0v) is 15.5. The van der Waals surface area contributed by atoms with Gasteiger partial charge in [0.05, 0.1) is 11.3 Å². The number of rotatable bonds is 4. The number of H-pyrrole nitrogens is 1. The Labute approximate surface area is 160 Å². The molecule has 0 aliphatic heterocycles. The van der Waals surface area contributed by atoms with Crippen LogP contribution in [0.4, 0.5) is 0 Å². The molecule has 1 fully saturated rings. The number of carbonyl (C=O) groups excluding carboxylic acids is 2. The Kier molecular flexibility index (Phi) is 3.49. The topological polar surface area (TPSA) is 116 Å². The summed E-state index contributed by atoms with van der Waals surface area (Å²) in [5.41, 5.74) is 3.03. The number of hydrogen-bond acceptors (Lipinski definition) is 7. The highest BCUT2D eigenvalue weighted by molar-refractivity contribution is 6.00. The number of hydrogen-bond donors (Lipinski definition) is 1. The van der Waals surface area contributed by atoms with Gasteiger partial charge in [-0.1, -0.05) is 19.1 Å². The molecule has 2 aromatic heterocycles. The van der Waals surface area contributed by atoms with Crippen molar-refractivity contribution in [3.63, 3.8) is 0 Å². The highest BCUT2D eigenvalue weighted by Gasteiger charge is 2.61. The van der Waals surface area contributed by atoms with E-state index >= 15 is 0 Å². The van der Waals surface area contributed by atoms with E-state index in [0.717, 1.165) is 30.5 Å². The lowest BCUT2D eigenvalue weighted by atomic mass is 9.97. The van der Waals surface area contributed by atoms with Crippen LogP contribution in [-0.2, 0) is 11.2 Å². The molecule has 2 aliphatic rings. The fourth-order valence-electron chi connectivity index (χ4n) is 4.36. The quantitative estimate of drug-likeness (QED) is 0.546. The van der Waals surface area contributed by atoms with Crippen LogP contribution in [0.5, 0.6) is 5.75 Å². The molecular formula is C19H18N6O3. The Hall–Kier alpha value is -3.36. The van der Waals surface area contributed by atoms with Crippen LogP contribution in [0.3, 0.4) is 0 Å². The van der Waals surface area contributed by atoms with Gasteiger partial charge in [-0.2, -0.15) is 15.0 Å². The molecule has 9 nitrogen and oxygen atoms in total. The lowest BCUT2D eigenvalue weighted by Crippen LogP contribution is -2.18. The molecule has 1 N–H and O–H groups in total. The molecule has 0 amide bonds. The van der Waals surface area contributed by atoms with Gasteiger partial charge >= 0.3 is 5.97 Å². The number of esters is 1. The van der Waals surface area contributed by atoms with Gasteiger partial charge in [0, 0.05) is 18.4 Å². The van der Waals surface area contributed by atoms with Crippen molar-refractivity contribution in [3.8, 4) is 17.3 Å². The first-order valence-electron chi connectivity index (χ1n) is 9.22. The van der Waals surface area contributed by atoms with Gasteiger partial charge in [0.1, 0.15) is 11.4 Å². The summed E-state index contributed by atoms with van der Waals surface area (Å²) in [5, 5.41) is 18.9. The Morgan fingerprint density at radius 2 is 2.18 bits per heavy atom. The van der Waals surface area contributed by atoms with E-state index in [4.69, 9.17) is 4.74 Å². The number of aromatic amines is 1. The Balaban J connectivity index is 1.64. The number of benzene rings is 1. The first kappa shape index (κ1) is 16.8. The van der Waals surface area contributed by atoms with Gasteiger partial charge in [0.2, 0.25) is 5.82 Å². The summed E-state index contributed by atoms with van der Waals surface area (Å²) < 4.78 is 6.54. The number of carbonyl (C=O) groups is 2. The van der Waals surface area contributed by atoms with Crippen molar-refractivity contribution in [1.29, 1.82) is 0 Å². The molecule has 2 heterocycles. The number of fused-ring (bicyclic) bond motifs is 3. The van der Waals surface area contributed by atoms with Crippen molar-refractivity contribution in [2.75, 3.05) is 0 Å². The molecule has 2 atom stereocenters. The summed E-state index contributed by atoms with van der Waals surface area (Å²) in [5.74, 6) is 0.0145. The molecule has 3 aromatic rings. The van der Waals surface area contributed by atoms with Crippen LogP contribution >= 0.6 is 0 Å². The number of nitrogens with zero attached hydrogens (tertiary/aromatic N) is 5. The summed E-state index contributed by atoms with van der Waals surface area (Å²) in [6.07, 6.45) is 3.02. The number of nitrogens with one attached hydrogen (secondary N) is 1. The third-order valence-electron chi connectivity index (χ3n) is 5.89. The molecule has 0 spiro atoms. The predicted octanol–water partition coefficient (Wildman–Crippen LogP) is 2.12. The van der Waals surface area contributed by atoms with Crippen molar-refractivity contribution in [1.82, 2.24) is 30.4 Å². The second-order valence-electron chi connectivity index (χ2n) is 7.40. The number of tetrazole rings is 1. The summed E-state index contributed by atoms with van der Waals surface area (Å²) >= 11 is 0. The van der Waals surface area contributed by atoms with Gasteiger partial charge in [0.25, 0.3) is 5.91 Å². The predicted molar refractivity (Wildman–Crippen MR) is 96.7 cm³/mol. The number of aromatic nitrogens is 6. The fourth-order valence-corrected chi connectivity index (χ4v) is 4.36. The van der Waals surface area contributed by atoms with Crippen molar-refractivity contribution in [2.45, 2.75) is 39.0 Å². The third-order valence-corrected chi connectivity index (χ3v) is 5.89. The molecule has 1 saturated carbocycles. The number of para-hydroxylation sites is 1. The van der Waals surface area contributed by atoms with Crippen LogP contribution in [0, 0.1) is 5.41 Å². The summed E-state index contributed by atoms with van der Waals surface area (Å²) in [7, 11) is 0. The Bertz CT molecular complexity index is 1100. The molecule has 2 aliphatic carbocycles. The van der Waals surface area contributed by atoms with Crippen LogP contribution < -0.4 is 4.74 Å². The standard InChI is InChI=1S/C19H18N6O3/c1-3-19-8-12-15(13(19)9-19)22-25(16(12)17-20-23-24-21-17)18(27)11-6-4-5-7-14(11)28-10(2)26/h4-7,13H,3,8-9H2,1-2H3,(H,20,21,23,24). The molecule has 5 rings (SSSR count).